The van der Waals surface area contributed by atoms with Crippen molar-refractivity contribution in [2.24, 2.45) is 0 Å². The average Bonchev–Trinajstić information content (AvgIpc) is 2.45. The Kier molecular flexibility index (Phi) is 10.1. The highest BCUT2D eigenvalue weighted by Crippen LogP contribution is 2.47. The summed E-state index contributed by atoms with van der Waals surface area (Å²) in [5.41, 5.74) is -5.31. The van der Waals surface area contributed by atoms with Crippen molar-refractivity contribution in [2.75, 3.05) is 5.75 Å². The molecular weight excluding hydrogens is 406 g/mol. The van der Waals surface area contributed by atoms with Gasteiger partial charge in [0.05, 0.1) is 0 Å². The minimum absolute atomic E-state index is 0.00425. The molecule has 0 bridgehead atoms. The van der Waals surface area contributed by atoms with Gasteiger partial charge in [-0.1, -0.05) is 51.9 Å². The van der Waals surface area contributed by atoms with Crippen LogP contribution in [-0.2, 0) is 19.6 Å². The molecule has 0 rings (SSSR count). The summed E-state index contributed by atoms with van der Waals surface area (Å²) in [5, 5.41) is 0. The van der Waals surface area contributed by atoms with Crippen molar-refractivity contribution in [1.82, 2.24) is 0 Å². The van der Waals surface area contributed by atoms with Crippen molar-refractivity contribution < 1.29 is 48.8 Å². The number of alkyl halides is 6. The monoisotopic (exact) mass is 430 g/mol. The molecule has 0 saturated carbocycles. The van der Waals surface area contributed by atoms with Gasteiger partial charge in [-0.05, 0) is 6.42 Å². The van der Waals surface area contributed by atoms with Crippen molar-refractivity contribution in [3.8, 4) is 0 Å². The molecule has 0 aromatic rings. The number of hydrogen-bond acceptors (Lipinski definition) is 4. The average molecular weight is 430 g/mol. The first-order chi connectivity index (χ1) is 12.2. The zero-order valence-electron chi connectivity index (χ0n) is 14.8. The van der Waals surface area contributed by atoms with Crippen LogP contribution in [0.15, 0.2) is 0 Å². The summed E-state index contributed by atoms with van der Waals surface area (Å²) in [7, 11) is -5.75. The van der Waals surface area contributed by atoms with E-state index < -0.39 is 46.2 Å². The molecular formula is C15H24F6O5S. The number of rotatable bonds is 12. The van der Waals surface area contributed by atoms with Gasteiger partial charge in [-0.2, -0.15) is 34.8 Å². The molecule has 162 valence electrons. The molecule has 0 heterocycles. The van der Waals surface area contributed by atoms with Crippen molar-refractivity contribution in [1.29, 1.82) is 0 Å². The second kappa shape index (κ2) is 10.5. The molecule has 0 aliphatic heterocycles. The van der Waals surface area contributed by atoms with E-state index >= 15 is 0 Å². The van der Waals surface area contributed by atoms with E-state index in [4.69, 9.17) is 4.55 Å². The van der Waals surface area contributed by atoms with E-state index in [1.807, 2.05) is 6.92 Å². The minimum Gasteiger partial charge on any atom is -0.438 e. The number of carbonyl (C=O) groups excluding carboxylic acids is 1. The van der Waals surface area contributed by atoms with Crippen LogP contribution in [0.5, 0.6) is 0 Å². The van der Waals surface area contributed by atoms with E-state index in [1.54, 1.807) is 0 Å². The van der Waals surface area contributed by atoms with Gasteiger partial charge in [0, 0.05) is 6.42 Å². The lowest BCUT2D eigenvalue weighted by molar-refractivity contribution is -0.361. The fourth-order valence-electron chi connectivity index (χ4n) is 2.38. The molecule has 0 aliphatic carbocycles. The van der Waals surface area contributed by atoms with Crippen LogP contribution < -0.4 is 0 Å². The first-order valence-electron chi connectivity index (χ1n) is 8.47. The van der Waals surface area contributed by atoms with Gasteiger partial charge in [-0.3, -0.25) is 9.35 Å². The van der Waals surface area contributed by atoms with E-state index in [2.05, 4.69) is 4.74 Å². The first kappa shape index (κ1) is 26.0. The van der Waals surface area contributed by atoms with Crippen LogP contribution in [0, 0.1) is 0 Å². The SMILES string of the molecule is CCCCCCCCCCC(=O)OC(CS(=O)(=O)O)(C(F)(F)F)C(F)(F)F. The molecule has 0 aromatic heterocycles. The zero-order valence-corrected chi connectivity index (χ0v) is 15.6. The second-order valence-corrected chi connectivity index (χ2v) is 7.70. The molecule has 5 nitrogen and oxygen atoms in total. The third-order valence-corrected chi connectivity index (χ3v) is 4.60. The number of carbonyl (C=O) groups is 1. The van der Waals surface area contributed by atoms with Gasteiger partial charge in [0.2, 0.25) is 0 Å². The van der Waals surface area contributed by atoms with E-state index in [0.717, 1.165) is 32.1 Å². The normalized spacial score (nSPS) is 13.6. The topological polar surface area (TPSA) is 80.7 Å². The van der Waals surface area contributed by atoms with Gasteiger partial charge in [0.25, 0.3) is 10.1 Å². The Labute approximate surface area is 154 Å². The van der Waals surface area contributed by atoms with E-state index in [9.17, 15) is 39.6 Å². The van der Waals surface area contributed by atoms with Crippen molar-refractivity contribution in [3.05, 3.63) is 0 Å². The number of unbranched alkanes of at least 4 members (excludes halogenated alkanes) is 7. The second-order valence-electron chi connectivity index (χ2n) is 6.25. The Morgan fingerprint density at radius 1 is 0.852 bits per heavy atom. The quantitative estimate of drug-likeness (QED) is 0.208. The summed E-state index contributed by atoms with van der Waals surface area (Å²) < 4.78 is 111. The van der Waals surface area contributed by atoms with Crippen LogP contribution in [-0.4, -0.2) is 42.6 Å². The maximum absolute atomic E-state index is 13.0. The van der Waals surface area contributed by atoms with Gasteiger partial charge in [-0.15, -0.1) is 0 Å². The molecule has 27 heavy (non-hydrogen) atoms. The standard InChI is InChI=1S/C15H24F6O5S/c1-2-3-4-5-6-7-8-9-10-12(22)26-13(14(16,17)18,15(19,20)21)11-27(23,24)25/h2-11H2,1H3,(H,23,24,25). The van der Waals surface area contributed by atoms with Crippen LogP contribution in [0.2, 0.25) is 0 Å². The Bertz CT molecular complexity index is 542. The number of halogens is 6. The van der Waals surface area contributed by atoms with Gasteiger partial charge < -0.3 is 4.74 Å². The van der Waals surface area contributed by atoms with Gasteiger partial charge >= 0.3 is 23.9 Å². The van der Waals surface area contributed by atoms with Crippen molar-refractivity contribution >= 4 is 16.1 Å². The Morgan fingerprint density at radius 2 is 1.26 bits per heavy atom. The largest absolute Gasteiger partial charge is 0.438 e. The highest BCUT2D eigenvalue weighted by molar-refractivity contribution is 7.85. The predicted octanol–water partition coefficient (Wildman–Crippen LogP) is 4.81. The summed E-state index contributed by atoms with van der Waals surface area (Å²) in [6.45, 7) is 2.04. The van der Waals surface area contributed by atoms with E-state index in [0.29, 0.717) is 12.8 Å². The molecule has 1 N–H and O–H groups in total. The van der Waals surface area contributed by atoms with Crippen LogP contribution in [0.25, 0.3) is 0 Å². The fourth-order valence-corrected chi connectivity index (χ4v) is 3.27. The van der Waals surface area contributed by atoms with Gasteiger partial charge in [-0.25, -0.2) is 0 Å². The highest BCUT2D eigenvalue weighted by atomic mass is 32.2. The third-order valence-electron chi connectivity index (χ3n) is 3.82. The Morgan fingerprint density at radius 3 is 1.63 bits per heavy atom. The molecule has 12 heteroatoms. The summed E-state index contributed by atoms with van der Waals surface area (Å²) in [6, 6.07) is 0. The lowest BCUT2D eigenvalue weighted by atomic mass is 10.0. The molecule has 0 atom stereocenters. The highest BCUT2D eigenvalue weighted by Gasteiger charge is 2.75. The number of ether oxygens (including phenoxy) is 1. The van der Waals surface area contributed by atoms with Gasteiger partial charge in [0.15, 0.2) is 0 Å². The zero-order chi connectivity index (χ0) is 21.4. The molecule has 0 saturated heterocycles. The number of esters is 1. The Hall–Kier alpha value is -1.04. The van der Waals surface area contributed by atoms with Crippen LogP contribution >= 0.6 is 0 Å². The third kappa shape index (κ3) is 9.13. The van der Waals surface area contributed by atoms with Crippen molar-refractivity contribution in [3.63, 3.8) is 0 Å². The Balaban J connectivity index is 4.87. The van der Waals surface area contributed by atoms with E-state index in [-0.39, 0.29) is 6.42 Å². The molecule has 0 aromatic carbocycles. The lowest BCUT2D eigenvalue weighted by Gasteiger charge is -2.35. The maximum atomic E-state index is 13.0. The number of hydrogen-bond donors (Lipinski definition) is 1. The van der Waals surface area contributed by atoms with Gasteiger partial charge in [0.1, 0.15) is 5.75 Å². The molecule has 0 fully saturated rings. The van der Waals surface area contributed by atoms with Crippen LogP contribution in [0.3, 0.4) is 0 Å². The van der Waals surface area contributed by atoms with E-state index in [1.165, 1.54) is 0 Å². The molecule has 0 amide bonds. The molecule has 0 unspecified atom stereocenters. The smallest absolute Gasteiger partial charge is 0.438 e. The molecule has 0 spiro atoms. The fraction of sp³-hybridized carbons (Fsp3) is 0.933. The first-order valence-corrected chi connectivity index (χ1v) is 10.1. The summed E-state index contributed by atoms with van der Waals surface area (Å²) in [4.78, 5) is 11.5. The minimum atomic E-state index is -6.28. The summed E-state index contributed by atoms with van der Waals surface area (Å²) in [6.07, 6.45) is -7.31. The summed E-state index contributed by atoms with van der Waals surface area (Å²) in [5.74, 6) is -4.69. The maximum Gasteiger partial charge on any atom is 0.438 e. The summed E-state index contributed by atoms with van der Waals surface area (Å²) >= 11 is 0. The van der Waals surface area contributed by atoms with Crippen LogP contribution in [0.4, 0.5) is 26.3 Å². The molecule has 0 aliphatic rings. The molecule has 0 radical (unpaired) electrons. The lowest BCUT2D eigenvalue weighted by Crippen LogP contribution is -2.63. The van der Waals surface area contributed by atoms with Crippen molar-refractivity contribution in [2.45, 2.75) is 82.7 Å². The predicted molar refractivity (Wildman–Crippen MR) is 84.6 cm³/mol. The van der Waals surface area contributed by atoms with Crippen LogP contribution in [0.1, 0.15) is 64.7 Å².